The van der Waals surface area contributed by atoms with Crippen molar-refractivity contribution in [3.05, 3.63) is 198 Å². The maximum atomic E-state index is 2.38. The van der Waals surface area contributed by atoms with E-state index in [0.29, 0.717) is 5.92 Å². The molecule has 0 saturated heterocycles. The number of rotatable bonds is 8. The van der Waals surface area contributed by atoms with Crippen LogP contribution in [0.5, 0.6) is 0 Å². The van der Waals surface area contributed by atoms with Crippen LogP contribution in [0.1, 0.15) is 48.4 Å². The van der Waals surface area contributed by atoms with E-state index in [9.17, 15) is 0 Å². The third-order valence-corrected chi connectivity index (χ3v) is 8.66. The van der Waals surface area contributed by atoms with Crippen molar-refractivity contribution in [2.75, 3.05) is 9.80 Å². The molecule has 2 nitrogen and oxygen atoms in total. The largest absolute Gasteiger partial charge is 0.317 e. The average molecular weight is 599 g/mol. The summed E-state index contributed by atoms with van der Waals surface area (Å²) >= 11 is 0. The summed E-state index contributed by atoms with van der Waals surface area (Å²) in [6.07, 6.45) is 27.9. The highest BCUT2D eigenvalue weighted by molar-refractivity contribution is 5.84. The van der Waals surface area contributed by atoms with E-state index in [0.717, 1.165) is 24.2 Å². The number of fused-ring (bicyclic) bond motifs is 1. The molecule has 0 amide bonds. The third kappa shape index (κ3) is 6.82. The Hall–Kier alpha value is -5.34. The molecule has 228 valence electrons. The molecule has 0 spiro atoms. The summed E-state index contributed by atoms with van der Waals surface area (Å²) in [5, 5.41) is 0. The van der Waals surface area contributed by atoms with Crippen LogP contribution in [0.4, 0.5) is 22.7 Å². The summed E-state index contributed by atoms with van der Waals surface area (Å²) in [6, 6.07) is 35.4. The molecule has 1 unspecified atom stereocenters. The molecule has 0 radical (unpaired) electrons. The Morgan fingerprint density at radius 3 is 2.41 bits per heavy atom. The normalized spacial score (nSPS) is 17.2. The number of hydrogen-bond donors (Lipinski definition) is 0. The van der Waals surface area contributed by atoms with Crippen molar-refractivity contribution < 1.29 is 0 Å². The van der Waals surface area contributed by atoms with Crippen LogP contribution in [-0.4, -0.2) is 0 Å². The van der Waals surface area contributed by atoms with E-state index < -0.39 is 0 Å². The van der Waals surface area contributed by atoms with Crippen molar-refractivity contribution in [1.29, 1.82) is 0 Å². The molecule has 2 aliphatic rings. The minimum absolute atomic E-state index is 0.390. The predicted molar refractivity (Wildman–Crippen MR) is 199 cm³/mol. The van der Waals surface area contributed by atoms with E-state index in [2.05, 4.69) is 188 Å². The van der Waals surface area contributed by atoms with Crippen LogP contribution in [0.3, 0.4) is 0 Å². The molecule has 1 aliphatic heterocycles. The number of nitrogens with zero attached hydrogens (tertiary/aromatic N) is 2. The van der Waals surface area contributed by atoms with Gasteiger partial charge in [-0.05, 0) is 104 Å². The van der Waals surface area contributed by atoms with Gasteiger partial charge in [0.05, 0.1) is 0 Å². The highest BCUT2D eigenvalue weighted by atomic mass is 15.2. The lowest BCUT2D eigenvalue weighted by Crippen LogP contribution is -2.15. The van der Waals surface area contributed by atoms with Gasteiger partial charge in [-0.2, -0.15) is 0 Å². The minimum atomic E-state index is 0.390. The summed E-state index contributed by atoms with van der Waals surface area (Å²) in [4.78, 5) is 4.72. The molecule has 46 heavy (non-hydrogen) atoms. The monoisotopic (exact) mass is 598 g/mol. The Labute approximate surface area is 275 Å². The molecule has 0 bridgehead atoms. The first-order valence-corrected chi connectivity index (χ1v) is 16.3. The average Bonchev–Trinajstić information content (AvgIpc) is 3.28. The second-order valence-corrected chi connectivity index (χ2v) is 11.7. The highest BCUT2D eigenvalue weighted by Crippen LogP contribution is 2.41. The van der Waals surface area contributed by atoms with Gasteiger partial charge in [-0.3, -0.25) is 0 Å². The van der Waals surface area contributed by atoms with Crippen LogP contribution in [-0.2, 0) is 6.42 Å². The molecular formula is C44H42N2. The molecule has 0 N–H and O–H groups in total. The number of benzene rings is 4. The number of hydrogen-bond acceptors (Lipinski definition) is 2. The van der Waals surface area contributed by atoms with Crippen molar-refractivity contribution in [2.45, 2.75) is 39.5 Å². The molecular weight excluding hydrogens is 556 g/mol. The summed E-state index contributed by atoms with van der Waals surface area (Å²) in [5.41, 5.74) is 12.3. The van der Waals surface area contributed by atoms with E-state index in [1.807, 2.05) is 13.0 Å². The summed E-state index contributed by atoms with van der Waals surface area (Å²) < 4.78 is 0. The van der Waals surface area contributed by atoms with Gasteiger partial charge < -0.3 is 9.80 Å². The second-order valence-electron chi connectivity index (χ2n) is 11.7. The molecule has 0 fully saturated rings. The molecule has 4 aromatic carbocycles. The first-order valence-electron chi connectivity index (χ1n) is 16.3. The quantitative estimate of drug-likeness (QED) is 0.186. The molecule has 1 aliphatic carbocycles. The Morgan fingerprint density at radius 2 is 1.61 bits per heavy atom. The van der Waals surface area contributed by atoms with Crippen molar-refractivity contribution >= 4 is 28.3 Å². The van der Waals surface area contributed by atoms with Gasteiger partial charge in [0.1, 0.15) is 0 Å². The molecule has 2 heteroatoms. The van der Waals surface area contributed by atoms with Crippen LogP contribution in [0, 0.1) is 6.92 Å². The van der Waals surface area contributed by atoms with Crippen molar-refractivity contribution in [1.82, 2.24) is 0 Å². The lowest BCUT2D eigenvalue weighted by molar-refractivity contribution is 0.853. The van der Waals surface area contributed by atoms with Crippen LogP contribution < -0.4 is 9.80 Å². The van der Waals surface area contributed by atoms with Gasteiger partial charge in [-0.25, -0.2) is 0 Å². The number of para-hydroxylation sites is 2. The number of anilines is 4. The van der Waals surface area contributed by atoms with Crippen LogP contribution in [0.25, 0.3) is 5.57 Å². The van der Waals surface area contributed by atoms with Crippen LogP contribution in [0.2, 0.25) is 0 Å². The summed E-state index contributed by atoms with van der Waals surface area (Å²) in [5.74, 6) is 0.390. The fraction of sp³-hybridized carbons (Fsp3) is 0.136. The van der Waals surface area contributed by atoms with Gasteiger partial charge in [-0.15, -0.1) is 0 Å². The van der Waals surface area contributed by atoms with Gasteiger partial charge in [0.15, 0.2) is 0 Å². The highest BCUT2D eigenvalue weighted by Gasteiger charge is 2.22. The topological polar surface area (TPSA) is 6.48 Å². The summed E-state index contributed by atoms with van der Waals surface area (Å²) in [6.45, 7) is 6.37. The van der Waals surface area contributed by atoms with E-state index in [1.165, 1.54) is 44.9 Å². The maximum absolute atomic E-state index is 2.38. The standard InChI is InChI=1S/C44H42N2/c1-4-6-7-8-17-29-45(42-25-18-22-36(31-42)35-19-11-9-12-20-35)44-33-37(28-27-34(44)3)39-30-38-21-15-16-26-43(38)46(40(5-2)32-39)41-23-13-10-14-24-41/h4-19,21-29,31-33,35H,20,30H2,1-3H3/b6-4-,8-7-,29-17+,40-5+. The molecule has 1 atom stereocenters. The van der Waals surface area contributed by atoms with E-state index in [-0.39, 0.29) is 0 Å². The Kier molecular flexibility index (Phi) is 9.75. The predicted octanol–water partition coefficient (Wildman–Crippen LogP) is 12.1. The van der Waals surface area contributed by atoms with Crippen LogP contribution >= 0.6 is 0 Å². The number of aryl methyl sites for hydroxylation is 1. The molecule has 4 aromatic rings. The van der Waals surface area contributed by atoms with E-state index in [4.69, 9.17) is 0 Å². The smallest absolute Gasteiger partial charge is 0.0496 e. The van der Waals surface area contributed by atoms with Gasteiger partial charge in [-0.1, -0.05) is 115 Å². The molecule has 0 saturated carbocycles. The third-order valence-electron chi connectivity index (χ3n) is 8.66. The fourth-order valence-corrected chi connectivity index (χ4v) is 6.26. The zero-order valence-corrected chi connectivity index (χ0v) is 27.1. The van der Waals surface area contributed by atoms with Crippen molar-refractivity contribution in [3.8, 4) is 0 Å². The maximum Gasteiger partial charge on any atom is 0.0496 e. The molecule has 6 rings (SSSR count). The minimum Gasteiger partial charge on any atom is -0.317 e. The van der Waals surface area contributed by atoms with Crippen molar-refractivity contribution in [3.63, 3.8) is 0 Å². The SMILES string of the molecule is C\C=C/C=C\C=C\N(c1cccc(C2C=CC=CC2)c1)c1cc(C2=C/C(=C\C)N(c3ccccc3)c3ccccc3C2)ccc1C. The van der Waals surface area contributed by atoms with Gasteiger partial charge in [0, 0.05) is 47.0 Å². The van der Waals surface area contributed by atoms with Crippen molar-refractivity contribution in [2.24, 2.45) is 0 Å². The first-order chi connectivity index (χ1) is 22.7. The summed E-state index contributed by atoms with van der Waals surface area (Å²) in [7, 11) is 0. The first kappa shape index (κ1) is 30.7. The Bertz CT molecular complexity index is 1880. The van der Waals surface area contributed by atoms with Gasteiger partial charge in [0.25, 0.3) is 0 Å². The molecule has 0 aromatic heterocycles. The van der Waals surface area contributed by atoms with Crippen LogP contribution in [0.15, 0.2) is 176 Å². The Balaban J connectivity index is 1.44. The number of allylic oxidation sites excluding steroid dienone is 12. The van der Waals surface area contributed by atoms with E-state index >= 15 is 0 Å². The zero-order chi connectivity index (χ0) is 31.7. The second kappa shape index (κ2) is 14.6. The lowest BCUT2D eigenvalue weighted by Gasteiger charge is -2.26. The van der Waals surface area contributed by atoms with E-state index in [1.54, 1.807) is 0 Å². The fourth-order valence-electron chi connectivity index (χ4n) is 6.26. The Morgan fingerprint density at radius 1 is 0.783 bits per heavy atom. The van der Waals surface area contributed by atoms with Gasteiger partial charge >= 0.3 is 0 Å². The zero-order valence-electron chi connectivity index (χ0n) is 27.1. The molecule has 1 heterocycles. The lowest BCUT2D eigenvalue weighted by atomic mass is 9.92. The van der Waals surface area contributed by atoms with Gasteiger partial charge in [0.2, 0.25) is 0 Å².